The number of epoxide rings is 2. The maximum absolute atomic E-state index is 9.96. The van der Waals surface area contributed by atoms with Crippen molar-refractivity contribution in [3.8, 4) is 0 Å². The average molecular weight is 346 g/mol. The summed E-state index contributed by atoms with van der Waals surface area (Å²) in [4.78, 5) is 9.96. The first kappa shape index (κ1) is 17.4. The third kappa shape index (κ3) is 2.02. The van der Waals surface area contributed by atoms with Crippen molar-refractivity contribution in [2.45, 2.75) is 78.0 Å². The number of hydrogen-bond donors (Lipinski definition) is 0. The van der Waals surface area contributed by atoms with Gasteiger partial charge >= 0.3 is 0 Å². The van der Waals surface area contributed by atoms with Crippen molar-refractivity contribution >= 4 is 5.78 Å². The number of ketones is 1. The summed E-state index contributed by atoms with van der Waals surface area (Å²) in [5.74, 6) is 0.740. The summed E-state index contributed by atoms with van der Waals surface area (Å²) in [6.07, 6.45) is 7.86. The van der Waals surface area contributed by atoms with Crippen LogP contribution in [0.25, 0.3) is 0 Å². The van der Waals surface area contributed by atoms with Crippen LogP contribution in [0.3, 0.4) is 0 Å². The first-order valence-electron chi connectivity index (χ1n) is 9.49. The van der Waals surface area contributed by atoms with Gasteiger partial charge in [-0.15, -0.1) is 0 Å². The van der Waals surface area contributed by atoms with Gasteiger partial charge in [0.15, 0.2) is 5.78 Å². The summed E-state index contributed by atoms with van der Waals surface area (Å²) in [5.41, 5.74) is 1.56. The van der Waals surface area contributed by atoms with Gasteiger partial charge in [0.05, 0.1) is 24.9 Å². The third-order valence-electron chi connectivity index (χ3n) is 7.78. The molecule has 25 heavy (non-hydrogen) atoms. The quantitative estimate of drug-likeness (QED) is 0.414. The molecule has 2 aliphatic carbocycles. The molecule has 4 nitrogen and oxygen atoms in total. The molecule has 0 aromatic carbocycles. The Morgan fingerprint density at radius 3 is 2.52 bits per heavy atom. The van der Waals surface area contributed by atoms with Crippen LogP contribution in [0.1, 0.15) is 48.0 Å². The standard InChI is InChI=1S/C16H22O3.C5H8O/c1-8-5-10-14(3,13-12(8)19-13)15(4)9(2)6-11(18-10)16(15)7-17-16;1-3-4-5(2)6/h5,9-13H,6-7H2,1-4H3;3-4H,1-2H3/t9-,10?,11?,12+,13+,14?,15-,16+;/m1./s1. The van der Waals surface area contributed by atoms with Crippen molar-refractivity contribution in [2.75, 3.05) is 6.61 Å². The van der Waals surface area contributed by atoms with Gasteiger partial charge in [-0.05, 0) is 44.8 Å². The Bertz CT molecular complexity index is 661. The molecule has 1 saturated carbocycles. The second-order valence-electron chi connectivity index (χ2n) is 8.84. The molecule has 5 rings (SSSR count). The lowest BCUT2D eigenvalue weighted by Gasteiger charge is -2.56. The lowest BCUT2D eigenvalue weighted by Crippen LogP contribution is -2.65. The molecular weight excluding hydrogens is 316 g/mol. The van der Waals surface area contributed by atoms with E-state index in [-0.39, 0.29) is 34.4 Å². The molecule has 0 N–H and O–H groups in total. The van der Waals surface area contributed by atoms with Gasteiger partial charge in [0.2, 0.25) is 0 Å². The summed E-state index contributed by atoms with van der Waals surface area (Å²) in [5, 5.41) is 0. The second kappa shape index (κ2) is 5.28. The van der Waals surface area contributed by atoms with E-state index in [0.29, 0.717) is 18.1 Å². The van der Waals surface area contributed by atoms with Gasteiger partial charge in [0, 0.05) is 10.8 Å². The van der Waals surface area contributed by atoms with E-state index in [9.17, 15) is 4.79 Å². The van der Waals surface area contributed by atoms with E-state index < -0.39 is 0 Å². The number of ether oxygens (including phenoxy) is 3. The highest BCUT2D eigenvalue weighted by Crippen LogP contribution is 2.75. The minimum atomic E-state index is -0.0206. The van der Waals surface area contributed by atoms with Gasteiger partial charge in [-0.3, -0.25) is 4.79 Å². The van der Waals surface area contributed by atoms with E-state index in [4.69, 9.17) is 14.2 Å². The third-order valence-corrected chi connectivity index (χ3v) is 7.78. The van der Waals surface area contributed by atoms with Crippen LogP contribution in [0.2, 0.25) is 0 Å². The molecule has 3 unspecified atom stereocenters. The highest BCUT2D eigenvalue weighted by atomic mass is 16.6. The average Bonchev–Trinajstić information content (AvgIpc) is 3.42. The van der Waals surface area contributed by atoms with Crippen molar-refractivity contribution in [3.05, 3.63) is 23.8 Å². The number of carbonyl (C=O) groups is 1. The van der Waals surface area contributed by atoms with Crippen molar-refractivity contribution in [1.29, 1.82) is 0 Å². The maximum atomic E-state index is 9.96. The fraction of sp³-hybridized carbons (Fsp3) is 0.762. The van der Waals surface area contributed by atoms with Gasteiger partial charge in [0.1, 0.15) is 11.7 Å². The Kier molecular flexibility index (Phi) is 3.68. The fourth-order valence-corrected chi connectivity index (χ4v) is 5.98. The Hall–Kier alpha value is -0.970. The SMILES string of the molecule is CC1=CC2OC3C[C@@H](C)[C@](C)(C2(C)[C@H]2O[C@@H]12)[C@]31CO1.CC=CC(C)=O. The van der Waals surface area contributed by atoms with Gasteiger partial charge in [-0.1, -0.05) is 32.9 Å². The first-order valence-corrected chi connectivity index (χ1v) is 9.49. The summed E-state index contributed by atoms with van der Waals surface area (Å²) < 4.78 is 18.5. The van der Waals surface area contributed by atoms with Gasteiger partial charge in [0.25, 0.3) is 0 Å². The molecule has 3 saturated heterocycles. The highest BCUT2D eigenvalue weighted by molar-refractivity contribution is 5.87. The molecule has 4 heteroatoms. The smallest absolute Gasteiger partial charge is 0.152 e. The second-order valence-corrected chi connectivity index (χ2v) is 8.84. The number of allylic oxidation sites excluding steroid dienone is 2. The highest BCUT2D eigenvalue weighted by Gasteiger charge is 2.83. The fourth-order valence-electron chi connectivity index (χ4n) is 5.98. The number of hydrogen-bond acceptors (Lipinski definition) is 4. The van der Waals surface area contributed by atoms with Gasteiger partial charge in [-0.25, -0.2) is 0 Å². The van der Waals surface area contributed by atoms with E-state index in [2.05, 4.69) is 33.8 Å². The number of fused-ring (bicyclic) bond motifs is 4. The van der Waals surface area contributed by atoms with Crippen LogP contribution >= 0.6 is 0 Å². The summed E-state index contributed by atoms with van der Waals surface area (Å²) >= 11 is 0. The van der Waals surface area contributed by atoms with Crippen LogP contribution in [0, 0.1) is 16.7 Å². The van der Waals surface area contributed by atoms with E-state index >= 15 is 0 Å². The van der Waals surface area contributed by atoms with E-state index in [1.54, 1.807) is 6.08 Å². The Morgan fingerprint density at radius 2 is 2.00 bits per heavy atom. The van der Waals surface area contributed by atoms with Crippen molar-refractivity contribution in [1.82, 2.24) is 0 Å². The molecule has 0 aromatic rings. The van der Waals surface area contributed by atoms with E-state index in [1.807, 2.05) is 6.92 Å². The minimum Gasteiger partial charge on any atom is -0.367 e. The molecule has 5 aliphatic rings. The van der Waals surface area contributed by atoms with Gasteiger partial charge in [-0.2, -0.15) is 0 Å². The van der Waals surface area contributed by atoms with Crippen LogP contribution < -0.4 is 0 Å². The summed E-state index contributed by atoms with van der Waals surface area (Å²) in [6.45, 7) is 13.6. The van der Waals surface area contributed by atoms with Crippen molar-refractivity contribution in [2.24, 2.45) is 16.7 Å². The lowest BCUT2D eigenvalue weighted by atomic mass is 9.50. The molecule has 138 valence electrons. The van der Waals surface area contributed by atoms with Crippen LogP contribution in [0.15, 0.2) is 23.8 Å². The predicted molar refractivity (Wildman–Crippen MR) is 95.3 cm³/mol. The van der Waals surface area contributed by atoms with E-state index in [0.717, 1.165) is 13.0 Å². The molecule has 2 bridgehead atoms. The first-order chi connectivity index (χ1) is 11.7. The van der Waals surface area contributed by atoms with Gasteiger partial charge < -0.3 is 14.2 Å². The Morgan fingerprint density at radius 1 is 1.32 bits per heavy atom. The molecule has 1 spiro atoms. The van der Waals surface area contributed by atoms with Crippen LogP contribution in [0.4, 0.5) is 0 Å². The zero-order valence-corrected chi connectivity index (χ0v) is 16.2. The molecule has 0 amide bonds. The summed E-state index contributed by atoms with van der Waals surface area (Å²) in [6, 6.07) is 0. The Balaban J connectivity index is 0.000000229. The van der Waals surface area contributed by atoms with Crippen molar-refractivity contribution < 1.29 is 19.0 Å². The molecule has 0 aromatic heterocycles. The predicted octanol–water partition coefficient (Wildman–Crippen LogP) is 3.45. The zero-order valence-electron chi connectivity index (χ0n) is 16.2. The molecule has 8 atom stereocenters. The molecule has 3 aliphatic heterocycles. The zero-order chi connectivity index (χ0) is 18.2. The number of rotatable bonds is 1. The number of carbonyl (C=O) groups excluding carboxylic acids is 1. The summed E-state index contributed by atoms with van der Waals surface area (Å²) in [7, 11) is 0. The maximum Gasteiger partial charge on any atom is 0.152 e. The largest absolute Gasteiger partial charge is 0.367 e. The Labute approximate surface area is 150 Å². The lowest BCUT2D eigenvalue weighted by molar-refractivity contribution is -0.199. The van der Waals surface area contributed by atoms with Crippen LogP contribution in [-0.2, 0) is 19.0 Å². The topological polar surface area (TPSA) is 51.4 Å². The van der Waals surface area contributed by atoms with Crippen molar-refractivity contribution in [3.63, 3.8) is 0 Å². The molecule has 0 radical (unpaired) electrons. The normalized spacial score (nSPS) is 54.3. The minimum absolute atomic E-state index is 0.0206. The monoisotopic (exact) mass is 346 g/mol. The molecule has 4 fully saturated rings. The molecule has 3 heterocycles. The molecular formula is C21H30O4. The van der Waals surface area contributed by atoms with E-state index in [1.165, 1.54) is 18.6 Å². The van der Waals surface area contributed by atoms with Crippen LogP contribution in [0.5, 0.6) is 0 Å². The van der Waals surface area contributed by atoms with Crippen LogP contribution in [-0.4, -0.2) is 42.4 Å².